The maximum absolute atomic E-state index is 12.4. The largest absolute Gasteiger partial charge is 0.414 e. The molecule has 0 bridgehead atoms. The Morgan fingerprint density at radius 2 is 1.97 bits per heavy atom. The minimum atomic E-state index is -0.872. The Hall–Kier alpha value is -2.49. The maximum atomic E-state index is 12.4. The molecular weight excluding hydrogens is 388 g/mol. The van der Waals surface area contributed by atoms with Gasteiger partial charge in [-0.05, 0) is 57.3 Å². The summed E-state index contributed by atoms with van der Waals surface area (Å²) in [5.74, 6) is -0.866. The van der Waals surface area contributed by atoms with Gasteiger partial charge in [-0.25, -0.2) is 9.59 Å². The molecule has 3 atom stereocenters. The third kappa shape index (κ3) is 8.10. The Morgan fingerprint density at radius 3 is 2.63 bits per heavy atom. The highest BCUT2D eigenvalue weighted by Crippen LogP contribution is 2.10. The lowest BCUT2D eigenvalue weighted by Crippen LogP contribution is -2.45. The number of aliphatic hydroxyl groups is 1. The van der Waals surface area contributed by atoms with Gasteiger partial charge in [0.25, 0.3) is 5.91 Å². The second-order valence-corrected chi connectivity index (χ2v) is 7.37. The van der Waals surface area contributed by atoms with E-state index < -0.39 is 30.3 Å². The Kier molecular flexibility index (Phi) is 10.3. The first-order chi connectivity index (χ1) is 14.5. The van der Waals surface area contributed by atoms with E-state index in [1.165, 1.54) is 0 Å². The molecule has 0 aromatic heterocycles. The van der Waals surface area contributed by atoms with Gasteiger partial charge >= 0.3 is 12.1 Å². The molecule has 0 saturated carbocycles. The van der Waals surface area contributed by atoms with Crippen LogP contribution in [0.3, 0.4) is 0 Å². The van der Waals surface area contributed by atoms with Crippen LogP contribution in [-0.2, 0) is 9.53 Å². The number of carbonyl (C=O) groups is 3. The zero-order valence-electron chi connectivity index (χ0n) is 17.1. The number of unbranched alkanes of at least 4 members (excludes halogenated alkanes) is 1. The number of carbonyl (C=O) groups excluding carboxylic acids is 3. The molecule has 9 nitrogen and oxygen atoms in total. The first kappa shape index (κ1) is 23.8. The molecule has 30 heavy (non-hydrogen) atoms. The van der Waals surface area contributed by atoms with E-state index in [1.807, 2.05) is 6.07 Å². The number of nitrogens with one attached hydrogen (secondary N) is 3. The number of alkyl carbamates (subject to hydrolysis) is 1. The number of rotatable bonds is 11. The SMILES string of the molecule is NCCCCC(NC(=O)c1ccccc1)C(O)CCNC(=O)OC(=O)[C@@H]1CCCN1. The highest BCUT2D eigenvalue weighted by molar-refractivity contribution is 5.94. The summed E-state index contributed by atoms with van der Waals surface area (Å²) in [6.07, 6.45) is 2.11. The summed E-state index contributed by atoms with van der Waals surface area (Å²) in [5.41, 5.74) is 6.05. The number of benzene rings is 1. The molecule has 1 aliphatic heterocycles. The van der Waals surface area contributed by atoms with E-state index in [0.717, 1.165) is 25.8 Å². The summed E-state index contributed by atoms with van der Waals surface area (Å²) in [6, 6.07) is 7.84. The molecule has 2 unspecified atom stereocenters. The zero-order chi connectivity index (χ0) is 21.8. The average molecular weight is 421 g/mol. The van der Waals surface area contributed by atoms with Crippen molar-refractivity contribution in [1.29, 1.82) is 0 Å². The number of ether oxygens (including phenoxy) is 1. The van der Waals surface area contributed by atoms with Crippen LogP contribution < -0.4 is 21.7 Å². The van der Waals surface area contributed by atoms with Crippen LogP contribution in [0.2, 0.25) is 0 Å². The molecule has 6 N–H and O–H groups in total. The summed E-state index contributed by atoms with van der Waals surface area (Å²) in [7, 11) is 0. The molecular formula is C21H32N4O5. The van der Waals surface area contributed by atoms with E-state index >= 15 is 0 Å². The summed E-state index contributed by atoms with van der Waals surface area (Å²) in [5, 5.41) is 18.9. The standard InChI is InChI=1S/C21H32N4O5/c22-12-5-4-9-16(25-19(27)15-7-2-1-3-8-15)18(26)11-14-24-21(29)30-20(28)17-10-6-13-23-17/h1-3,7-8,16-18,23,26H,4-6,9-14,22H2,(H,24,29)(H,25,27)/t16?,17-,18?/m0/s1. The lowest BCUT2D eigenvalue weighted by Gasteiger charge is -2.24. The number of hydrogen-bond donors (Lipinski definition) is 5. The van der Waals surface area contributed by atoms with Crippen molar-refractivity contribution in [3.63, 3.8) is 0 Å². The minimum Gasteiger partial charge on any atom is -0.391 e. The summed E-state index contributed by atoms with van der Waals surface area (Å²) in [4.78, 5) is 36.0. The van der Waals surface area contributed by atoms with Crippen LogP contribution in [0.15, 0.2) is 30.3 Å². The van der Waals surface area contributed by atoms with E-state index in [0.29, 0.717) is 24.9 Å². The van der Waals surface area contributed by atoms with Gasteiger partial charge in [-0.3, -0.25) is 4.79 Å². The smallest absolute Gasteiger partial charge is 0.391 e. The molecule has 1 heterocycles. The van der Waals surface area contributed by atoms with Crippen LogP contribution >= 0.6 is 0 Å². The summed E-state index contributed by atoms with van der Waals surface area (Å²) >= 11 is 0. The van der Waals surface area contributed by atoms with Crippen molar-refractivity contribution in [2.45, 2.75) is 56.7 Å². The highest BCUT2D eigenvalue weighted by atomic mass is 16.6. The average Bonchev–Trinajstić information content (AvgIpc) is 3.28. The van der Waals surface area contributed by atoms with Gasteiger partial charge in [0.1, 0.15) is 6.04 Å². The molecule has 1 aliphatic rings. The summed E-state index contributed by atoms with van der Waals surface area (Å²) in [6.45, 7) is 1.38. The van der Waals surface area contributed by atoms with Crippen molar-refractivity contribution < 1.29 is 24.2 Å². The van der Waals surface area contributed by atoms with Crippen molar-refractivity contribution in [3.8, 4) is 0 Å². The number of hydrogen-bond acceptors (Lipinski definition) is 7. The second kappa shape index (κ2) is 12.9. The topological polar surface area (TPSA) is 143 Å². The molecule has 1 fully saturated rings. The zero-order valence-corrected chi connectivity index (χ0v) is 17.1. The molecule has 166 valence electrons. The number of nitrogens with two attached hydrogens (primary N) is 1. The molecule has 0 aliphatic carbocycles. The van der Waals surface area contributed by atoms with Crippen molar-refractivity contribution in [1.82, 2.24) is 16.0 Å². The molecule has 9 heteroatoms. The Morgan fingerprint density at radius 1 is 1.20 bits per heavy atom. The Balaban J connectivity index is 1.79. The van der Waals surface area contributed by atoms with E-state index in [-0.39, 0.29) is 18.9 Å². The minimum absolute atomic E-state index is 0.111. The number of amides is 2. The van der Waals surface area contributed by atoms with Gasteiger partial charge in [0.15, 0.2) is 0 Å². The molecule has 0 spiro atoms. The van der Waals surface area contributed by atoms with E-state index in [4.69, 9.17) is 10.5 Å². The quantitative estimate of drug-likeness (QED) is 0.201. The Labute approximate surface area is 176 Å². The summed E-state index contributed by atoms with van der Waals surface area (Å²) < 4.78 is 4.76. The van der Waals surface area contributed by atoms with E-state index in [9.17, 15) is 19.5 Å². The van der Waals surface area contributed by atoms with Gasteiger partial charge in [0.05, 0.1) is 12.1 Å². The van der Waals surface area contributed by atoms with Crippen LogP contribution in [0.5, 0.6) is 0 Å². The lowest BCUT2D eigenvalue weighted by atomic mass is 10.0. The second-order valence-electron chi connectivity index (χ2n) is 7.37. The molecule has 1 saturated heterocycles. The normalized spacial score (nSPS) is 17.7. The predicted molar refractivity (Wildman–Crippen MR) is 112 cm³/mol. The highest BCUT2D eigenvalue weighted by Gasteiger charge is 2.26. The van der Waals surface area contributed by atoms with Crippen LogP contribution in [-0.4, -0.2) is 60.9 Å². The Bertz CT molecular complexity index is 679. The fraction of sp³-hybridized carbons (Fsp3) is 0.571. The van der Waals surface area contributed by atoms with Gasteiger partial charge < -0.3 is 31.5 Å². The molecule has 1 aromatic carbocycles. The third-order valence-corrected chi connectivity index (χ3v) is 5.03. The first-order valence-corrected chi connectivity index (χ1v) is 10.5. The maximum Gasteiger partial charge on any atom is 0.414 e. The van der Waals surface area contributed by atoms with E-state index in [1.54, 1.807) is 24.3 Å². The van der Waals surface area contributed by atoms with Crippen molar-refractivity contribution >= 4 is 18.0 Å². The van der Waals surface area contributed by atoms with Crippen LogP contribution in [0.1, 0.15) is 48.9 Å². The molecule has 2 rings (SSSR count). The molecule has 1 aromatic rings. The number of aliphatic hydroxyl groups excluding tert-OH is 1. The van der Waals surface area contributed by atoms with Gasteiger partial charge in [-0.1, -0.05) is 24.6 Å². The van der Waals surface area contributed by atoms with Crippen molar-refractivity contribution in [2.24, 2.45) is 5.73 Å². The van der Waals surface area contributed by atoms with Crippen molar-refractivity contribution in [2.75, 3.05) is 19.6 Å². The van der Waals surface area contributed by atoms with Crippen LogP contribution in [0.25, 0.3) is 0 Å². The predicted octanol–water partition coefficient (Wildman–Crippen LogP) is 0.670. The lowest BCUT2D eigenvalue weighted by molar-refractivity contribution is -0.139. The monoisotopic (exact) mass is 420 g/mol. The van der Waals surface area contributed by atoms with Gasteiger partial charge in [0.2, 0.25) is 0 Å². The van der Waals surface area contributed by atoms with E-state index in [2.05, 4.69) is 16.0 Å². The fourth-order valence-electron chi connectivity index (χ4n) is 3.32. The fourth-order valence-corrected chi connectivity index (χ4v) is 3.32. The van der Waals surface area contributed by atoms with Gasteiger partial charge in [0, 0.05) is 12.1 Å². The van der Waals surface area contributed by atoms with Gasteiger partial charge in [-0.15, -0.1) is 0 Å². The molecule has 0 radical (unpaired) electrons. The van der Waals surface area contributed by atoms with Crippen molar-refractivity contribution in [3.05, 3.63) is 35.9 Å². The third-order valence-electron chi connectivity index (χ3n) is 5.03. The van der Waals surface area contributed by atoms with Gasteiger partial charge in [-0.2, -0.15) is 0 Å². The number of esters is 1. The first-order valence-electron chi connectivity index (χ1n) is 10.5. The van der Waals surface area contributed by atoms with Crippen LogP contribution in [0, 0.1) is 0 Å². The molecule has 2 amide bonds. The van der Waals surface area contributed by atoms with Crippen LogP contribution in [0.4, 0.5) is 4.79 Å².